The van der Waals surface area contributed by atoms with Gasteiger partial charge in [-0.3, -0.25) is 9.59 Å². The van der Waals surface area contributed by atoms with Gasteiger partial charge in [-0.15, -0.1) is 0 Å². The molecule has 2 aliphatic rings. The minimum Gasteiger partial charge on any atom is -0.491 e. The molecule has 2 aromatic rings. The first kappa shape index (κ1) is 23.0. The van der Waals surface area contributed by atoms with E-state index < -0.39 is 0 Å². The molecule has 0 unspecified atom stereocenters. The summed E-state index contributed by atoms with van der Waals surface area (Å²) in [5.41, 5.74) is 1.14. The van der Waals surface area contributed by atoms with Gasteiger partial charge in [0, 0.05) is 26.2 Å². The van der Waals surface area contributed by atoms with Crippen molar-refractivity contribution in [3.05, 3.63) is 48.2 Å². The van der Waals surface area contributed by atoms with Gasteiger partial charge < -0.3 is 24.8 Å². The van der Waals surface area contributed by atoms with Gasteiger partial charge in [-0.25, -0.2) is 4.98 Å². The molecule has 0 atom stereocenters. The number of nitrogens with zero attached hydrogens (tertiary/aromatic N) is 4. The Labute approximate surface area is 195 Å². The minimum absolute atomic E-state index is 0.00584. The van der Waals surface area contributed by atoms with E-state index in [1.165, 1.54) is 0 Å². The number of hydrogen-bond acceptors (Lipinski definition) is 6. The van der Waals surface area contributed by atoms with E-state index in [4.69, 9.17) is 4.74 Å². The molecular formula is C25H33N5O3. The molecule has 8 heteroatoms. The van der Waals surface area contributed by atoms with Crippen LogP contribution >= 0.6 is 0 Å². The Morgan fingerprint density at radius 1 is 0.970 bits per heavy atom. The molecule has 0 spiro atoms. The lowest BCUT2D eigenvalue weighted by Gasteiger charge is -2.27. The Morgan fingerprint density at radius 3 is 2.76 bits per heavy atom. The highest BCUT2D eigenvalue weighted by Gasteiger charge is 2.24. The van der Waals surface area contributed by atoms with E-state index in [2.05, 4.69) is 22.2 Å². The molecule has 1 saturated heterocycles. The fourth-order valence-electron chi connectivity index (χ4n) is 4.19. The van der Waals surface area contributed by atoms with Crippen molar-refractivity contribution in [2.75, 3.05) is 58.2 Å². The van der Waals surface area contributed by atoms with E-state index in [9.17, 15) is 9.59 Å². The van der Waals surface area contributed by atoms with Gasteiger partial charge in [0.2, 0.25) is 5.91 Å². The normalized spacial score (nSPS) is 18.4. The molecular weight excluding hydrogens is 418 g/mol. The van der Waals surface area contributed by atoms with Crippen LogP contribution < -0.4 is 10.1 Å². The number of likely N-dealkylation sites (N-methyl/N-ethyl adjacent to an activating group) is 1. The van der Waals surface area contributed by atoms with Crippen LogP contribution in [0.1, 0.15) is 36.2 Å². The lowest BCUT2D eigenvalue weighted by molar-refractivity contribution is -0.131. The largest absolute Gasteiger partial charge is 0.491 e. The van der Waals surface area contributed by atoms with Gasteiger partial charge in [-0.1, -0.05) is 18.2 Å². The summed E-state index contributed by atoms with van der Waals surface area (Å²) < 4.78 is 5.98. The van der Waals surface area contributed by atoms with Gasteiger partial charge >= 0.3 is 0 Å². The van der Waals surface area contributed by atoms with Crippen LogP contribution in [0.4, 0.5) is 11.5 Å². The van der Waals surface area contributed by atoms with Crippen molar-refractivity contribution in [2.45, 2.75) is 25.7 Å². The lowest BCUT2D eigenvalue weighted by Crippen LogP contribution is -2.44. The van der Waals surface area contributed by atoms with E-state index in [1.54, 1.807) is 11.0 Å². The maximum atomic E-state index is 13.4. The molecule has 1 aromatic heterocycles. The summed E-state index contributed by atoms with van der Waals surface area (Å²) in [6.07, 6.45) is 3.56. The predicted octanol–water partition coefficient (Wildman–Crippen LogP) is 2.99. The number of anilines is 2. The first-order valence-corrected chi connectivity index (χ1v) is 11.8. The maximum Gasteiger partial charge on any atom is 0.273 e. The van der Waals surface area contributed by atoms with Crippen LogP contribution in [0.3, 0.4) is 0 Å². The molecule has 0 aliphatic carbocycles. The number of para-hydroxylation sites is 2. The topological polar surface area (TPSA) is 78.0 Å². The van der Waals surface area contributed by atoms with Crippen LogP contribution in [0.15, 0.2) is 42.5 Å². The first-order chi connectivity index (χ1) is 16.1. The summed E-state index contributed by atoms with van der Waals surface area (Å²) in [4.78, 5) is 36.8. The van der Waals surface area contributed by atoms with E-state index in [-0.39, 0.29) is 18.4 Å². The van der Waals surface area contributed by atoms with E-state index in [0.29, 0.717) is 31.2 Å². The molecule has 3 heterocycles. The first-order valence-electron chi connectivity index (χ1n) is 11.8. The molecule has 33 heavy (non-hydrogen) atoms. The van der Waals surface area contributed by atoms with Gasteiger partial charge in [-0.05, 0) is 63.5 Å². The van der Waals surface area contributed by atoms with Crippen molar-refractivity contribution in [1.29, 1.82) is 0 Å². The zero-order chi connectivity index (χ0) is 23.0. The van der Waals surface area contributed by atoms with Gasteiger partial charge in [0.1, 0.15) is 23.8 Å². The van der Waals surface area contributed by atoms with Crippen LogP contribution in [0.5, 0.6) is 5.75 Å². The average molecular weight is 452 g/mol. The SMILES string of the molecule is CN1CCCN(C(=O)CN2CCCCCOc3ccccc3Nc3cccc(n3)C2=O)CC1. The summed E-state index contributed by atoms with van der Waals surface area (Å²) in [5, 5.41) is 3.27. The summed E-state index contributed by atoms with van der Waals surface area (Å²) in [7, 11) is 2.08. The Bertz CT molecular complexity index is 967. The fraction of sp³-hybridized carbons (Fsp3) is 0.480. The zero-order valence-corrected chi connectivity index (χ0v) is 19.3. The predicted molar refractivity (Wildman–Crippen MR) is 128 cm³/mol. The number of benzene rings is 1. The second-order valence-corrected chi connectivity index (χ2v) is 8.70. The highest BCUT2D eigenvalue weighted by Crippen LogP contribution is 2.27. The van der Waals surface area contributed by atoms with Crippen molar-refractivity contribution in [2.24, 2.45) is 0 Å². The Hall–Kier alpha value is -3.13. The summed E-state index contributed by atoms with van der Waals surface area (Å²) >= 11 is 0. The molecule has 2 bridgehead atoms. The highest BCUT2D eigenvalue weighted by molar-refractivity contribution is 5.95. The van der Waals surface area contributed by atoms with Crippen LogP contribution in [-0.4, -0.2) is 84.4 Å². The second-order valence-electron chi connectivity index (χ2n) is 8.70. The van der Waals surface area contributed by atoms with Crippen LogP contribution in [0.2, 0.25) is 0 Å². The molecule has 2 aliphatic heterocycles. The monoisotopic (exact) mass is 451 g/mol. The molecule has 2 amide bonds. The molecule has 1 fully saturated rings. The Morgan fingerprint density at radius 2 is 1.85 bits per heavy atom. The van der Waals surface area contributed by atoms with Gasteiger partial charge in [0.25, 0.3) is 5.91 Å². The Kier molecular flexibility index (Phi) is 7.78. The number of pyridine rings is 1. The van der Waals surface area contributed by atoms with Crippen molar-refractivity contribution < 1.29 is 14.3 Å². The number of rotatable bonds is 2. The smallest absolute Gasteiger partial charge is 0.273 e. The third kappa shape index (κ3) is 6.22. The molecule has 1 aromatic carbocycles. The van der Waals surface area contributed by atoms with E-state index in [1.807, 2.05) is 41.3 Å². The molecule has 176 valence electrons. The lowest BCUT2D eigenvalue weighted by atomic mass is 10.2. The standard InChI is InChI=1S/C25H33N5O3/c1-28-13-8-15-29(17-16-28)24(31)19-30-14-5-2-6-18-33-22-11-4-3-9-20(22)26-23-12-7-10-21(27-23)25(30)32/h3-4,7,9-12H,2,5-6,8,13-19H2,1H3,(H,26,27). The zero-order valence-electron chi connectivity index (χ0n) is 19.3. The van der Waals surface area contributed by atoms with Gasteiger partial charge in [0.05, 0.1) is 12.3 Å². The third-order valence-electron chi connectivity index (χ3n) is 6.13. The fourth-order valence-corrected chi connectivity index (χ4v) is 4.19. The third-order valence-corrected chi connectivity index (χ3v) is 6.13. The number of nitrogens with one attached hydrogen (secondary N) is 1. The summed E-state index contributed by atoms with van der Waals surface area (Å²) in [5.74, 6) is 1.13. The molecule has 0 saturated carbocycles. The van der Waals surface area contributed by atoms with Gasteiger partial charge in [0.15, 0.2) is 0 Å². The quantitative estimate of drug-likeness (QED) is 0.756. The van der Waals surface area contributed by atoms with E-state index in [0.717, 1.165) is 56.8 Å². The van der Waals surface area contributed by atoms with Crippen LogP contribution in [0.25, 0.3) is 0 Å². The highest BCUT2D eigenvalue weighted by atomic mass is 16.5. The second kappa shape index (κ2) is 11.1. The van der Waals surface area contributed by atoms with Crippen LogP contribution in [-0.2, 0) is 4.79 Å². The molecule has 4 rings (SSSR count). The van der Waals surface area contributed by atoms with Crippen molar-refractivity contribution in [1.82, 2.24) is 19.7 Å². The maximum absolute atomic E-state index is 13.4. The molecule has 0 radical (unpaired) electrons. The minimum atomic E-state index is -0.208. The van der Waals surface area contributed by atoms with Crippen molar-refractivity contribution >= 4 is 23.3 Å². The summed E-state index contributed by atoms with van der Waals surface area (Å²) in [6, 6.07) is 13.1. The van der Waals surface area contributed by atoms with Gasteiger partial charge in [-0.2, -0.15) is 0 Å². The Balaban J connectivity index is 1.53. The van der Waals surface area contributed by atoms with E-state index >= 15 is 0 Å². The van der Waals surface area contributed by atoms with Crippen molar-refractivity contribution in [3.8, 4) is 5.75 Å². The number of aromatic nitrogens is 1. The summed E-state index contributed by atoms with van der Waals surface area (Å²) in [6.45, 7) is 4.49. The molecule has 8 nitrogen and oxygen atoms in total. The number of ether oxygens (including phenoxy) is 1. The number of amides is 2. The molecule has 1 N–H and O–H groups in total. The van der Waals surface area contributed by atoms with Crippen molar-refractivity contribution in [3.63, 3.8) is 0 Å². The number of fused-ring (bicyclic) bond motifs is 3. The number of carbonyl (C=O) groups excluding carboxylic acids is 2. The number of carbonyl (C=O) groups is 2. The number of hydrogen-bond donors (Lipinski definition) is 1. The van der Waals surface area contributed by atoms with Crippen LogP contribution in [0, 0.1) is 0 Å². The average Bonchev–Trinajstić information content (AvgIpc) is 3.05.